The normalized spacial score (nSPS) is 11.8. The number of fused-ring (bicyclic) bond motifs is 5. The summed E-state index contributed by atoms with van der Waals surface area (Å²) in [5.41, 5.74) is 13.3. The molecule has 0 aliphatic carbocycles. The van der Waals surface area contributed by atoms with Crippen LogP contribution in [0.15, 0.2) is 136 Å². The molecule has 0 fully saturated rings. The second-order valence-electron chi connectivity index (χ2n) is 11.7. The lowest BCUT2D eigenvalue weighted by atomic mass is 10.0. The minimum Gasteiger partial charge on any atom is -0.436 e. The van der Waals surface area contributed by atoms with E-state index in [0.717, 1.165) is 60.8 Å². The SMILES string of the molecule is Cc1cc(C)cc(-c2cccc(-n3c4ccc(-c5nc6ccccc6o5)cc4c4cc(-c5nc6ccccc6o5)ccc43)c2)c1. The summed E-state index contributed by atoms with van der Waals surface area (Å²) >= 11 is 0. The van der Waals surface area contributed by atoms with Gasteiger partial charge >= 0.3 is 0 Å². The van der Waals surface area contributed by atoms with Crippen LogP contribution in [0.1, 0.15) is 11.1 Å². The van der Waals surface area contributed by atoms with Gasteiger partial charge < -0.3 is 13.4 Å². The molecule has 214 valence electrons. The van der Waals surface area contributed by atoms with Gasteiger partial charge in [0.15, 0.2) is 11.2 Å². The van der Waals surface area contributed by atoms with Crippen molar-refractivity contribution in [3.8, 4) is 39.7 Å². The summed E-state index contributed by atoms with van der Waals surface area (Å²) in [6.07, 6.45) is 0. The first-order valence-corrected chi connectivity index (χ1v) is 15.1. The van der Waals surface area contributed by atoms with Gasteiger partial charge in [0.05, 0.1) is 11.0 Å². The summed E-state index contributed by atoms with van der Waals surface area (Å²) in [6, 6.07) is 44.1. The van der Waals surface area contributed by atoms with Crippen LogP contribution >= 0.6 is 0 Å². The van der Waals surface area contributed by atoms with E-state index in [1.165, 1.54) is 22.3 Å². The Labute approximate surface area is 259 Å². The maximum absolute atomic E-state index is 6.17. The van der Waals surface area contributed by atoms with Crippen LogP contribution in [0, 0.1) is 13.8 Å². The standard InChI is InChI=1S/C40H27N3O2/c1-24-18-25(2)20-29(19-24)26-8-7-9-30(21-26)43-35-16-14-27(39-41-33-10-3-5-12-37(33)44-39)22-31(35)32-23-28(15-17-36(32)43)40-42-34-11-4-6-13-38(34)45-40/h3-23H,1-2H3. The Balaban J connectivity index is 1.28. The summed E-state index contributed by atoms with van der Waals surface area (Å²) < 4.78 is 14.7. The average molecular weight is 582 g/mol. The number of aromatic nitrogens is 3. The number of rotatable bonds is 4. The third kappa shape index (κ3) is 4.24. The predicted octanol–water partition coefficient (Wildman–Crippen LogP) is 10.7. The molecule has 9 aromatic rings. The quantitative estimate of drug-likeness (QED) is 0.207. The number of nitrogens with zero attached hydrogens (tertiary/aromatic N) is 3. The highest BCUT2D eigenvalue weighted by atomic mass is 16.4. The van der Waals surface area contributed by atoms with Crippen LogP contribution in [-0.4, -0.2) is 14.5 Å². The van der Waals surface area contributed by atoms with Gasteiger partial charge in [-0.05, 0) is 97.8 Å². The molecule has 0 N–H and O–H groups in total. The zero-order valence-corrected chi connectivity index (χ0v) is 24.8. The number of oxazole rings is 2. The second-order valence-corrected chi connectivity index (χ2v) is 11.7. The minimum absolute atomic E-state index is 0.603. The van der Waals surface area contributed by atoms with Gasteiger partial charge in [-0.3, -0.25) is 0 Å². The van der Waals surface area contributed by atoms with Crippen LogP contribution in [0.4, 0.5) is 0 Å². The Hall–Kier alpha value is -5.94. The number of aryl methyl sites for hydroxylation is 2. The summed E-state index contributed by atoms with van der Waals surface area (Å²) in [7, 11) is 0. The molecule has 6 aromatic carbocycles. The van der Waals surface area contributed by atoms with E-state index in [4.69, 9.17) is 18.8 Å². The molecule has 9 rings (SSSR count). The van der Waals surface area contributed by atoms with E-state index in [0.29, 0.717) is 11.8 Å². The second kappa shape index (κ2) is 9.79. The summed E-state index contributed by atoms with van der Waals surface area (Å²) in [4.78, 5) is 9.57. The highest BCUT2D eigenvalue weighted by Crippen LogP contribution is 2.38. The van der Waals surface area contributed by atoms with E-state index >= 15 is 0 Å². The zero-order valence-electron chi connectivity index (χ0n) is 24.8. The molecule has 0 aliphatic heterocycles. The highest BCUT2D eigenvalue weighted by Gasteiger charge is 2.18. The minimum atomic E-state index is 0.603. The van der Waals surface area contributed by atoms with Gasteiger partial charge in [0, 0.05) is 27.6 Å². The number of para-hydroxylation sites is 4. The van der Waals surface area contributed by atoms with Gasteiger partial charge in [0.1, 0.15) is 11.0 Å². The van der Waals surface area contributed by atoms with E-state index in [1.807, 2.05) is 48.5 Å². The van der Waals surface area contributed by atoms with Crippen LogP contribution in [0.3, 0.4) is 0 Å². The van der Waals surface area contributed by atoms with Gasteiger partial charge in [-0.25, -0.2) is 9.97 Å². The molecule has 0 unspecified atom stereocenters. The molecular weight excluding hydrogens is 554 g/mol. The van der Waals surface area contributed by atoms with Crippen molar-refractivity contribution in [2.75, 3.05) is 0 Å². The molecule has 0 spiro atoms. The van der Waals surface area contributed by atoms with Crippen LogP contribution in [-0.2, 0) is 0 Å². The van der Waals surface area contributed by atoms with Crippen molar-refractivity contribution in [2.45, 2.75) is 13.8 Å². The fourth-order valence-electron chi connectivity index (χ4n) is 6.52. The molecule has 0 saturated heterocycles. The average Bonchev–Trinajstić information content (AvgIpc) is 3.77. The maximum atomic E-state index is 6.17. The van der Waals surface area contributed by atoms with Crippen molar-refractivity contribution in [1.29, 1.82) is 0 Å². The van der Waals surface area contributed by atoms with Gasteiger partial charge in [0.2, 0.25) is 11.8 Å². The topological polar surface area (TPSA) is 57.0 Å². The molecule has 0 aliphatic rings. The summed E-state index contributed by atoms with van der Waals surface area (Å²) in [6.45, 7) is 4.30. The van der Waals surface area contributed by atoms with Crippen molar-refractivity contribution in [3.05, 3.63) is 139 Å². The molecule has 0 amide bonds. The number of benzene rings is 6. The molecular formula is C40H27N3O2. The van der Waals surface area contributed by atoms with Crippen LogP contribution < -0.4 is 0 Å². The van der Waals surface area contributed by atoms with Crippen molar-refractivity contribution in [3.63, 3.8) is 0 Å². The van der Waals surface area contributed by atoms with Crippen molar-refractivity contribution in [1.82, 2.24) is 14.5 Å². The molecule has 45 heavy (non-hydrogen) atoms. The van der Waals surface area contributed by atoms with Crippen molar-refractivity contribution >= 4 is 44.0 Å². The van der Waals surface area contributed by atoms with E-state index in [1.54, 1.807) is 0 Å². The Kier molecular flexibility index (Phi) is 5.56. The number of hydrogen-bond acceptors (Lipinski definition) is 4. The van der Waals surface area contributed by atoms with Gasteiger partial charge in [-0.2, -0.15) is 0 Å². The first kappa shape index (κ1) is 25.5. The highest BCUT2D eigenvalue weighted by molar-refractivity contribution is 6.11. The zero-order chi connectivity index (χ0) is 30.1. The van der Waals surface area contributed by atoms with E-state index in [2.05, 4.69) is 97.3 Å². The maximum Gasteiger partial charge on any atom is 0.227 e. The first-order chi connectivity index (χ1) is 22.1. The molecule has 0 saturated carbocycles. The molecule has 0 bridgehead atoms. The molecule has 3 aromatic heterocycles. The fraction of sp³-hybridized carbons (Fsp3) is 0.0500. The van der Waals surface area contributed by atoms with Crippen LogP contribution in [0.2, 0.25) is 0 Å². The van der Waals surface area contributed by atoms with E-state index in [-0.39, 0.29) is 0 Å². The third-order valence-corrected chi connectivity index (χ3v) is 8.51. The fourth-order valence-corrected chi connectivity index (χ4v) is 6.52. The molecule has 5 heteroatoms. The largest absolute Gasteiger partial charge is 0.436 e. The lowest BCUT2D eigenvalue weighted by Gasteiger charge is -2.11. The smallest absolute Gasteiger partial charge is 0.227 e. The lowest BCUT2D eigenvalue weighted by molar-refractivity contribution is 0.619. The monoisotopic (exact) mass is 581 g/mol. The predicted molar refractivity (Wildman–Crippen MR) is 182 cm³/mol. The Morgan fingerprint density at radius 1 is 0.467 bits per heavy atom. The van der Waals surface area contributed by atoms with Gasteiger partial charge in [0.25, 0.3) is 0 Å². The number of hydrogen-bond donors (Lipinski definition) is 0. The van der Waals surface area contributed by atoms with Crippen molar-refractivity contribution in [2.24, 2.45) is 0 Å². The molecule has 0 atom stereocenters. The molecule has 3 heterocycles. The Morgan fingerprint density at radius 3 is 1.58 bits per heavy atom. The van der Waals surface area contributed by atoms with Crippen LogP contribution in [0.25, 0.3) is 83.7 Å². The Morgan fingerprint density at radius 2 is 1.02 bits per heavy atom. The first-order valence-electron chi connectivity index (χ1n) is 15.1. The van der Waals surface area contributed by atoms with Gasteiger partial charge in [-0.15, -0.1) is 0 Å². The molecule has 5 nitrogen and oxygen atoms in total. The summed E-state index contributed by atoms with van der Waals surface area (Å²) in [5, 5.41) is 2.19. The van der Waals surface area contributed by atoms with Crippen LogP contribution in [0.5, 0.6) is 0 Å². The van der Waals surface area contributed by atoms with E-state index in [9.17, 15) is 0 Å². The Bertz CT molecular complexity index is 2370. The third-order valence-electron chi connectivity index (χ3n) is 8.51. The van der Waals surface area contributed by atoms with Crippen molar-refractivity contribution < 1.29 is 8.83 Å². The lowest BCUT2D eigenvalue weighted by Crippen LogP contribution is -1.94. The molecule has 0 radical (unpaired) electrons. The summed E-state index contributed by atoms with van der Waals surface area (Å²) in [5.74, 6) is 1.21. The van der Waals surface area contributed by atoms with Gasteiger partial charge in [-0.1, -0.05) is 65.7 Å². The van der Waals surface area contributed by atoms with E-state index < -0.39 is 0 Å².